The predicted octanol–water partition coefficient (Wildman–Crippen LogP) is 2.90. The number of rotatable bonds is 2. The average Bonchev–Trinajstić information content (AvgIpc) is 2.86. The van der Waals surface area contributed by atoms with Crippen LogP contribution < -0.4 is 4.74 Å². The highest BCUT2D eigenvalue weighted by Gasteiger charge is 2.04. The Morgan fingerprint density at radius 1 is 1.12 bits per heavy atom. The highest BCUT2D eigenvalue weighted by Crippen LogP contribution is 2.25. The third-order valence-electron chi connectivity index (χ3n) is 2.59. The highest BCUT2D eigenvalue weighted by molar-refractivity contribution is 5.76. The van der Waals surface area contributed by atoms with Gasteiger partial charge in [-0.3, -0.25) is 0 Å². The van der Waals surface area contributed by atoms with Crippen molar-refractivity contribution in [2.45, 2.75) is 0 Å². The zero-order valence-electron chi connectivity index (χ0n) is 9.25. The number of pyridine rings is 1. The Kier molecular flexibility index (Phi) is 2.26. The molecule has 0 bridgehead atoms. The van der Waals surface area contributed by atoms with E-state index in [1.807, 2.05) is 30.3 Å². The maximum Gasteiger partial charge on any atom is 0.198 e. The first-order chi connectivity index (χ1) is 8.36. The van der Waals surface area contributed by atoms with Crippen LogP contribution in [0.15, 0.2) is 47.3 Å². The summed E-state index contributed by atoms with van der Waals surface area (Å²) in [6, 6.07) is 9.73. The lowest BCUT2D eigenvalue weighted by atomic mass is 10.1. The van der Waals surface area contributed by atoms with Crippen LogP contribution in [0, 0.1) is 0 Å². The molecule has 0 aliphatic rings. The quantitative estimate of drug-likeness (QED) is 0.674. The van der Waals surface area contributed by atoms with E-state index in [2.05, 4.69) is 9.97 Å². The largest absolute Gasteiger partial charge is 0.497 e. The molecule has 0 fully saturated rings. The molecule has 0 unspecified atom stereocenters. The topological polar surface area (TPSA) is 48.2 Å². The Hall–Kier alpha value is -2.36. The van der Waals surface area contributed by atoms with E-state index in [-0.39, 0.29) is 0 Å². The van der Waals surface area contributed by atoms with Crippen LogP contribution in [-0.4, -0.2) is 17.1 Å². The van der Waals surface area contributed by atoms with Gasteiger partial charge in [0.25, 0.3) is 0 Å². The van der Waals surface area contributed by atoms with Crippen molar-refractivity contribution in [2.75, 3.05) is 7.11 Å². The molecule has 17 heavy (non-hydrogen) atoms. The summed E-state index contributed by atoms with van der Waals surface area (Å²) in [5.41, 5.74) is 3.32. The number of methoxy groups -OCH3 is 1. The lowest BCUT2D eigenvalue weighted by Crippen LogP contribution is -1.85. The van der Waals surface area contributed by atoms with E-state index < -0.39 is 0 Å². The Labute approximate surface area is 97.9 Å². The van der Waals surface area contributed by atoms with E-state index in [9.17, 15) is 0 Å². The van der Waals surface area contributed by atoms with Crippen molar-refractivity contribution in [1.29, 1.82) is 0 Å². The monoisotopic (exact) mass is 226 g/mol. The third kappa shape index (κ3) is 1.73. The van der Waals surface area contributed by atoms with Crippen molar-refractivity contribution in [1.82, 2.24) is 9.97 Å². The number of oxazole rings is 1. The molecule has 4 nitrogen and oxygen atoms in total. The third-order valence-corrected chi connectivity index (χ3v) is 2.59. The second-order valence-corrected chi connectivity index (χ2v) is 3.63. The molecule has 84 valence electrons. The van der Waals surface area contributed by atoms with Crippen molar-refractivity contribution in [3.8, 4) is 16.9 Å². The first-order valence-corrected chi connectivity index (χ1v) is 5.20. The molecule has 0 saturated carbocycles. The van der Waals surface area contributed by atoms with E-state index in [1.54, 1.807) is 13.3 Å². The van der Waals surface area contributed by atoms with Crippen molar-refractivity contribution < 1.29 is 9.15 Å². The van der Waals surface area contributed by atoms with Crippen LogP contribution in [0.3, 0.4) is 0 Å². The molecule has 2 heterocycles. The highest BCUT2D eigenvalue weighted by atomic mass is 16.5. The van der Waals surface area contributed by atoms with Crippen LogP contribution in [0.2, 0.25) is 0 Å². The molecular formula is C13H10N2O2. The molecule has 0 spiro atoms. The zero-order valence-corrected chi connectivity index (χ0v) is 9.25. The Balaban J connectivity index is 2.12. The van der Waals surface area contributed by atoms with Gasteiger partial charge >= 0.3 is 0 Å². The average molecular weight is 226 g/mol. The van der Waals surface area contributed by atoms with Gasteiger partial charge in [-0.25, -0.2) is 4.98 Å². The summed E-state index contributed by atoms with van der Waals surface area (Å²) in [6.07, 6.45) is 3.17. The summed E-state index contributed by atoms with van der Waals surface area (Å²) in [5.74, 6) is 0.820. The van der Waals surface area contributed by atoms with Gasteiger partial charge in [-0.15, -0.1) is 0 Å². The Morgan fingerprint density at radius 2 is 2.06 bits per heavy atom. The van der Waals surface area contributed by atoms with Crippen LogP contribution in [0.1, 0.15) is 0 Å². The number of hydrogen-bond donors (Lipinski definition) is 0. The van der Waals surface area contributed by atoms with E-state index in [1.165, 1.54) is 6.39 Å². The number of hydrogen-bond acceptors (Lipinski definition) is 4. The maximum absolute atomic E-state index is 5.23. The molecule has 3 rings (SSSR count). The second-order valence-electron chi connectivity index (χ2n) is 3.63. The molecule has 0 radical (unpaired) electrons. The number of benzene rings is 1. The van der Waals surface area contributed by atoms with Crippen molar-refractivity contribution >= 4 is 11.2 Å². The van der Waals surface area contributed by atoms with Gasteiger partial charge in [0.1, 0.15) is 5.75 Å². The fourth-order valence-corrected chi connectivity index (χ4v) is 1.71. The molecule has 3 aromatic rings. The number of fused-ring (bicyclic) bond motifs is 1. The fraction of sp³-hybridized carbons (Fsp3) is 0.0769. The van der Waals surface area contributed by atoms with Crippen LogP contribution in [0.25, 0.3) is 22.4 Å². The Bertz CT molecular complexity index is 661. The molecule has 2 aromatic heterocycles. The van der Waals surface area contributed by atoms with Crippen LogP contribution in [0.4, 0.5) is 0 Å². The molecule has 1 aromatic carbocycles. The van der Waals surface area contributed by atoms with Crippen molar-refractivity contribution in [3.05, 3.63) is 42.9 Å². The summed E-state index contributed by atoms with van der Waals surface area (Å²) in [4.78, 5) is 8.21. The van der Waals surface area contributed by atoms with Gasteiger partial charge in [-0.05, 0) is 23.8 Å². The fourth-order valence-electron chi connectivity index (χ4n) is 1.71. The first-order valence-electron chi connectivity index (χ1n) is 5.20. The molecule has 0 N–H and O–H groups in total. The van der Waals surface area contributed by atoms with Crippen molar-refractivity contribution in [3.63, 3.8) is 0 Å². The first kappa shape index (κ1) is 9.84. The van der Waals surface area contributed by atoms with Gasteiger partial charge in [-0.2, -0.15) is 4.98 Å². The number of aromatic nitrogens is 2. The number of nitrogens with zero attached hydrogens (tertiary/aromatic N) is 2. The second kappa shape index (κ2) is 3.90. The SMILES string of the molecule is COc1cccc(-c2cnc3ncoc3c2)c1. The van der Waals surface area contributed by atoms with Crippen LogP contribution in [0.5, 0.6) is 5.75 Å². The molecule has 4 heteroatoms. The van der Waals surface area contributed by atoms with Crippen LogP contribution in [-0.2, 0) is 0 Å². The predicted molar refractivity (Wildman–Crippen MR) is 63.8 cm³/mol. The maximum atomic E-state index is 5.23. The van der Waals surface area contributed by atoms with Gasteiger partial charge in [0.05, 0.1) is 7.11 Å². The minimum absolute atomic E-state index is 0.622. The van der Waals surface area contributed by atoms with E-state index >= 15 is 0 Å². The normalized spacial score (nSPS) is 10.6. The Morgan fingerprint density at radius 3 is 2.94 bits per heavy atom. The minimum Gasteiger partial charge on any atom is -0.497 e. The molecule has 0 atom stereocenters. The molecule has 0 amide bonds. The summed E-state index contributed by atoms with van der Waals surface area (Å²) < 4.78 is 10.4. The van der Waals surface area contributed by atoms with E-state index in [0.717, 1.165) is 16.9 Å². The van der Waals surface area contributed by atoms with E-state index in [0.29, 0.717) is 11.2 Å². The summed E-state index contributed by atoms with van der Waals surface area (Å²) in [5, 5.41) is 0. The van der Waals surface area contributed by atoms with Gasteiger partial charge in [-0.1, -0.05) is 12.1 Å². The van der Waals surface area contributed by atoms with Crippen molar-refractivity contribution in [2.24, 2.45) is 0 Å². The molecular weight excluding hydrogens is 216 g/mol. The lowest BCUT2D eigenvalue weighted by molar-refractivity contribution is 0.415. The molecule has 0 aliphatic heterocycles. The smallest absolute Gasteiger partial charge is 0.198 e. The lowest BCUT2D eigenvalue weighted by Gasteiger charge is -2.03. The minimum atomic E-state index is 0.622. The molecule has 0 aliphatic carbocycles. The summed E-state index contributed by atoms with van der Waals surface area (Å²) >= 11 is 0. The van der Waals surface area contributed by atoms with Gasteiger partial charge < -0.3 is 9.15 Å². The molecule has 0 saturated heterocycles. The standard InChI is InChI=1S/C13H10N2O2/c1-16-11-4-2-3-9(5-11)10-6-12-13(14-7-10)15-8-17-12/h2-8H,1H3. The van der Waals surface area contributed by atoms with E-state index in [4.69, 9.17) is 9.15 Å². The van der Waals surface area contributed by atoms with Crippen LogP contribution >= 0.6 is 0 Å². The number of ether oxygens (including phenoxy) is 1. The summed E-state index contributed by atoms with van der Waals surface area (Å²) in [7, 11) is 1.65. The summed E-state index contributed by atoms with van der Waals surface area (Å²) in [6.45, 7) is 0. The zero-order chi connectivity index (χ0) is 11.7. The van der Waals surface area contributed by atoms with Gasteiger partial charge in [0, 0.05) is 11.8 Å². The van der Waals surface area contributed by atoms with Gasteiger partial charge in [0.2, 0.25) is 0 Å². The van der Waals surface area contributed by atoms with Gasteiger partial charge in [0.15, 0.2) is 17.6 Å².